The lowest BCUT2D eigenvalue weighted by molar-refractivity contribution is 0.103. The first kappa shape index (κ1) is 23.8. The van der Waals surface area contributed by atoms with Gasteiger partial charge in [-0.3, -0.25) is 4.79 Å². The number of nitrogens with zero attached hydrogens (tertiary/aromatic N) is 1. The van der Waals surface area contributed by atoms with Crippen molar-refractivity contribution in [2.45, 2.75) is 0 Å². The van der Waals surface area contributed by atoms with Gasteiger partial charge in [-0.05, 0) is 53.6 Å². The first-order valence-electron chi connectivity index (χ1n) is 11.1. The molecule has 3 N–H and O–H groups in total. The Morgan fingerprint density at radius 2 is 1.61 bits per heavy atom. The van der Waals surface area contributed by atoms with Crippen LogP contribution in [0, 0.1) is 0 Å². The van der Waals surface area contributed by atoms with E-state index in [4.69, 9.17) is 20.2 Å². The van der Waals surface area contributed by atoms with E-state index in [1.165, 1.54) is 11.3 Å². The third-order valence-corrected chi connectivity index (χ3v) is 7.40. The Hall–Kier alpha value is -3.88. The number of amides is 1. The number of methoxy groups -OCH3 is 2. The molecule has 2 aromatic heterocycles. The third-order valence-electron chi connectivity index (χ3n) is 5.77. The molecule has 0 aliphatic carbocycles. The summed E-state index contributed by atoms with van der Waals surface area (Å²) in [6.07, 6.45) is 0. The van der Waals surface area contributed by atoms with E-state index in [1.54, 1.807) is 14.2 Å². The Labute approximate surface area is 220 Å². The number of benzene rings is 3. The second-order valence-electron chi connectivity index (χ2n) is 7.98. The highest BCUT2D eigenvalue weighted by atomic mass is 79.9. The molecule has 0 aliphatic heterocycles. The first-order valence-corrected chi connectivity index (χ1v) is 12.7. The number of aromatic nitrogens is 1. The van der Waals surface area contributed by atoms with Crippen LogP contribution in [0.15, 0.2) is 83.3 Å². The van der Waals surface area contributed by atoms with Gasteiger partial charge in [0.25, 0.3) is 5.91 Å². The Balaban J connectivity index is 1.70. The van der Waals surface area contributed by atoms with Gasteiger partial charge in [-0.25, -0.2) is 4.98 Å². The number of anilines is 2. The van der Waals surface area contributed by atoms with Gasteiger partial charge in [0.05, 0.1) is 25.6 Å². The molecule has 0 radical (unpaired) electrons. The predicted octanol–water partition coefficient (Wildman–Crippen LogP) is 7.24. The molecule has 2 heterocycles. The van der Waals surface area contributed by atoms with Crippen molar-refractivity contribution in [3.63, 3.8) is 0 Å². The number of rotatable bonds is 6. The molecule has 8 heteroatoms. The lowest BCUT2D eigenvalue weighted by Crippen LogP contribution is -2.11. The van der Waals surface area contributed by atoms with Crippen molar-refractivity contribution in [3.05, 3.63) is 88.2 Å². The SMILES string of the molecule is COc1ccc(-c2cc(-c3ccc(Br)cc3)nc3sc(C(=O)Nc4ccccc4)c(N)c23)cc1OC. The van der Waals surface area contributed by atoms with Gasteiger partial charge in [-0.1, -0.05) is 52.3 Å². The highest BCUT2D eigenvalue weighted by Crippen LogP contribution is 2.43. The van der Waals surface area contributed by atoms with Gasteiger partial charge in [0, 0.05) is 21.1 Å². The summed E-state index contributed by atoms with van der Waals surface area (Å²) in [7, 11) is 3.20. The number of ether oxygens (including phenoxy) is 2. The van der Waals surface area contributed by atoms with Crippen LogP contribution in [0.25, 0.3) is 32.6 Å². The van der Waals surface area contributed by atoms with Crippen LogP contribution in [-0.2, 0) is 0 Å². The van der Waals surface area contributed by atoms with Crippen LogP contribution in [-0.4, -0.2) is 25.1 Å². The molecular formula is C28H22BrN3O3S. The topological polar surface area (TPSA) is 86.5 Å². The molecule has 0 fully saturated rings. The molecule has 0 spiro atoms. The quantitative estimate of drug-likeness (QED) is 0.229. The molecule has 0 unspecified atom stereocenters. The molecule has 0 saturated carbocycles. The number of nitrogens with two attached hydrogens (primary N) is 1. The monoisotopic (exact) mass is 559 g/mol. The number of halogens is 1. The van der Waals surface area contributed by atoms with Gasteiger partial charge in [-0.2, -0.15) is 0 Å². The van der Waals surface area contributed by atoms with E-state index >= 15 is 0 Å². The maximum atomic E-state index is 13.2. The van der Waals surface area contributed by atoms with Crippen molar-refractivity contribution >= 4 is 54.8 Å². The van der Waals surface area contributed by atoms with Crippen molar-refractivity contribution in [2.24, 2.45) is 0 Å². The highest BCUT2D eigenvalue weighted by molar-refractivity contribution is 9.10. The largest absolute Gasteiger partial charge is 0.493 e. The number of nitrogens with one attached hydrogen (secondary N) is 1. The molecule has 0 aliphatic rings. The fraction of sp³-hybridized carbons (Fsp3) is 0.0714. The zero-order valence-corrected chi connectivity index (χ0v) is 21.9. The van der Waals surface area contributed by atoms with Gasteiger partial charge < -0.3 is 20.5 Å². The molecule has 0 atom stereocenters. The summed E-state index contributed by atoms with van der Waals surface area (Å²) < 4.78 is 11.9. The molecule has 180 valence electrons. The van der Waals surface area contributed by atoms with Gasteiger partial charge >= 0.3 is 0 Å². The van der Waals surface area contributed by atoms with Crippen LogP contribution < -0.4 is 20.5 Å². The van der Waals surface area contributed by atoms with Crippen molar-refractivity contribution in [1.82, 2.24) is 4.98 Å². The van der Waals surface area contributed by atoms with E-state index in [1.807, 2.05) is 78.9 Å². The van der Waals surface area contributed by atoms with Gasteiger partial charge in [0.1, 0.15) is 9.71 Å². The van der Waals surface area contributed by atoms with E-state index in [9.17, 15) is 4.79 Å². The lowest BCUT2D eigenvalue weighted by atomic mass is 9.99. The van der Waals surface area contributed by atoms with E-state index < -0.39 is 0 Å². The van der Waals surface area contributed by atoms with Crippen molar-refractivity contribution in [1.29, 1.82) is 0 Å². The summed E-state index contributed by atoms with van der Waals surface area (Å²) in [6.45, 7) is 0. The van der Waals surface area contributed by atoms with Crippen molar-refractivity contribution in [2.75, 3.05) is 25.3 Å². The second-order valence-corrected chi connectivity index (χ2v) is 9.89. The minimum Gasteiger partial charge on any atom is -0.493 e. The normalized spacial score (nSPS) is 10.9. The zero-order valence-electron chi connectivity index (χ0n) is 19.5. The summed E-state index contributed by atoms with van der Waals surface area (Å²) in [4.78, 5) is 19.2. The van der Waals surface area contributed by atoms with Crippen LogP contribution >= 0.6 is 27.3 Å². The Kier molecular flexibility index (Phi) is 6.63. The Morgan fingerprint density at radius 1 is 0.917 bits per heavy atom. The average Bonchev–Trinajstić information content (AvgIpc) is 3.25. The van der Waals surface area contributed by atoms with Gasteiger partial charge in [0.2, 0.25) is 0 Å². The Bertz CT molecular complexity index is 1570. The van der Waals surface area contributed by atoms with Crippen LogP contribution in [0.2, 0.25) is 0 Å². The maximum absolute atomic E-state index is 13.2. The van der Waals surface area contributed by atoms with Crippen molar-refractivity contribution < 1.29 is 14.3 Å². The molecule has 6 nitrogen and oxygen atoms in total. The number of pyridine rings is 1. The van der Waals surface area contributed by atoms with Crippen molar-refractivity contribution in [3.8, 4) is 33.9 Å². The average molecular weight is 560 g/mol. The number of carbonyl (C=O) groups is 1. The smallest absolute Gasteiger partial charge is 0.267 e. The van der Waals surface area contributed by atoms with Gasteiger partial charge in [-0.15, -0.1) is 11.3 Å². The number of hydrogen-bond acceptors (Lipinski definition) is 6. The molecule has 5 rings (SSSR count). The standard InChI is InChI=1S/C28H22BrN3O3S/c1-34-22-13-10-17(14-23(22)35-2)20-15-21(16-8-11-18(29)12-9-16)32-28-24(20)25(30)26(36-28)27(33)31-19-6-4-3-5-7-19/h3-15H,30H2,1-2H3,(H,31,33). The summed E-state index contributed by atoms with van der Waals surface area (Å²) in [5, 5.41) is 3.66. The summed E-state index contributed by atoms with van der Waals surface area (Å²) in [6, 6.07) is 24.9. The molecule has 36 heavy (non-hydrogen) atoms. The minimum atomic E-state index is -0.273. The first-order chi connectivity index (χ1) is 17.5. The van der Waals surface area contributed by atoms with E-state index in [0.717, 1.165) is 32.2 Å². The fourth-order valence-corrected chi connectivity index (χ4v) is 5.28. The number of thiophene rings is 1. The van der Waals surface area contributed by atoms with Crippen LogP contribution in [0.5, 0.6) is 11.5 Å². The summed E-state index contributed by atoms with van der Waals surface area (Å²) in [5.41, 5.74) is 11.2. The number of nitrogen functional groups attached to an aromatic ring is 1. The Morgan fingerprint density at radius 3 is 2.31 bits per heavy atom. The minimum absolute atomic E-state index is 0.273. The molecule has 0 bridgehead atoms. The number of fused-ring (bicyclic) bond motifs is 1. The molecule has 3 aromatic carbocycles. The fourth-order valence-electron chi connectivity index (χ4n) is 4.00. The highest BCUT2D eigenvalue weighted by Gasteiger charge is 2.22. The molecule has 1 amide bonds. The molecule has 5 aromatic rings. The van der Waals surface area contributed by atoms with E-state index in [2.05, 4.69) is 21.2 Å². The number of hydrogen-bond donors (Lipinski definition) is 2. The molecule has 0 saturated heterocycles. The van der Waals surface area contributed by atoms with Crippen LogP contribution in [0.4, 0.5) is 11.4 Å². The van der Waals surface area contributed by atoms with Crippen LogP contribution in [0.3, 0.4) is 0 Å². The number of para-hydroxylation sites is 1. The second kappa shape index (κ2) is 10.0. The third kappa shape index (κ3) is 4.53. The van der Waals surface area contributed by atoms with E-state index in [0.29, 0.717) is 32.6 Å². The predicted molar refractivity (Wildman–Crippen MR) is 150 cm³/mol. The maximum Gasteiger partial charge on any atom is 0.267 e. The number of carbonyl (C=O) groups excluding carboxylic acids is 1. The summed E-state index contributed by atoms with van der Waals surface area (Å²) in [5.74, 6) is 0.951. The van der Waals surface area contributed by atoms with Crippen LogP contribution in [0.1, 0.15) is 9.67 Å². The molecular weight excluding hydrogens is 538 g/mol. The van der Waals surface area contributed by atoms with E-state index in [-0.39, 0.29) is 5.91 Å². The summed E-state index contributed by atoms with van der Waals surface area (Å²) >= 11 is 4.77. The zero-order chi connectivity index (χ0) is 25.2. The van der Waals surface area contributed by atoms with Gasteiger partial charge in [0.15, 0.2) is 11.5 Å². The lowest BCUT2D eigenvalue weighted by Gasteiger charge is -2.12.